The number of rotatable bonds is 1. The lowest BCUT2D eigenvalue weighted by molar-refractivity contribution is 0.515. The summed E-state index contributed by atoms with van der Waals surface area (Å²) in [4.78, 5) is 7.20. The molecule has 2 heterocycles. The number of anilines is 1. The minimum atomic E-state index is -0.913. The van der Waals surface area contributed by atoms with Crippen LogP contribution in [0.4, 0.5) is 14.5 Å². The van der Waals surface area contributed by atoms with Gasteiger partial charge < -0.3 is 10.3 Å². The fourth-order valence-electron chi connectivity index (χ4n) is 2.59. The molecule has 1 aliphatic rings. The summed E-state index contributed by atoms with van der Waals surface area (Å²) < 4.78 is 26.9. The summed E-state index contributed by atoms with van der Waals surface area (Å²) in [5.41, 5.74) is 3.73. The Morgan fingerprint density at radius 1 is 1.10 bits per heavy atom. The van der Waals surface area contributed by atoms with Gasteiger partial charge in [-0.15, -0.1) is 0 Å². The minimum Gasteiger partial charge on any atom is -0.384 e. The normalized spacial score (nSPS) is 13.5. The maximum Gasteiger partial charge on any atom is 0.186 e. The summed E-state index contributed by atoms with van der Waals surface area (Å²) in [6.45, 7) is 0.929. The van der Waals surface area contributed by atoms with Crippen LogP contribution in [0.1, 0.15) is 5.56 Å². The van der Waals surface area contributed by atoms with Crippen molar-refractivity contribution >= 4 is 16.7 Å². The number of fused-ring (bicyclic) bond motifs is 2. The SMILES string of the molecule is Fc1ccc2[nH]c(-c3ccc4c(c3)NCC4)nc2c1F. The lowest BCUT2D eigenvalue weighted by Crippen LogP contribution is -1.91. The minimum absolute atomic E-state index is 0.0356. The Balaban J connectivity index is 1.88. The highest BCUT2D eigenvalue weighted by Gasteiger charge is 2.15. The van der Waals surface area contributed by atoms with E-state index < -0.39 is 11.6 Å². The fourth-order valence-corrected chi connectivity index (χ4v) is 2.59. The largest absolute Gasteiger partial charge is 0.384 e. The van der Waals surface area contributed by atoms with Crippen molar-refractivity contribution in [2.75, 3.05) is 11.9 Å². The number of aromatic amines is 1. The number of nitrogens with zero attached hydrogens (tertiary/aromatic N) is 1. The first kappa shape index (κ1) is 11.4. The maximum absolute atomic E-state index is 13.7. The zero-order valence-electron chi connectivity index (χ0n) is 10.5. The molecule has 100 valence electrons. The van der Waals surface area contributed by atoms with Crippen LogP contribution in [-0.4, -0.2) is 16.5 Å². The molecule has 0 unspecified atom stereocenters. The van der Waals surface area contributed by atoms with Crippen molar-refractivity contribution in [1.29, 1.82) is 0 Å². The average molecular weight is 271 g/mol. The Hall–Kier alpha value is -2.43. The molecule has 1 aromatic heterocycles. The molecule has 0 radical (unpaired) electrons. The molecule has 0 aliphatic carbocycles. The molecule has 0 saturated heterocycles. The van der Waals surface area contributed by atoms with Gasteiger partial charge in [-0.1, -0.05) is 12.1 Å². The number of hydrogen-bond acceptors (Lipinski definition) is 2. The van der Waals surface area contributed by atoms with Crippen LogP contribution < -0.4 is 5.32 Å². The Bertz CT molecular complexity index is 823. The van der Waals surface area contributed by atoms with E-state index in [1.165, 1.54) is 11.6 Å². The first-order chi connectivity index (χ1) is 9.72. The highest BCUT2D eigenvalue weighted by Crippen LogP contribution is 2.29. The van der Waals surface area contributed by atoms with Gasteiger partial charge in [-0.2, -0.15) is 0 Å². The summed E-state index contributed by atoms with van der Waals surface area (Å²) in [5, 5.41) is 3.29. The standard InChI is InChI=1S/C15H11F2N3/c16-10-3-4-11-14(13(10)17)20-15(19-11)9-2-1-8-5-6-18-12(8)7-9/h1-4,7,18H,5-6H2,(H,19,20). The van der Waals surface area contributed by atoms with E-state index in [-0.39, 0.29) is 5.52 Å². The van der Waals surface area contributed by atoms with Crippen molar-refractivity contribution in [3.63, 3.8) is 0 Å². The van der Waals surface area contributed by atoms with E-state index >= 15 is 0 Å². The van der Waals surface area contributed by atoms with Crippen LogP contribution in [-0.2, 0) is 6.42 Å². The van der Waals surface area contributed by atoms with E-state index in [0.717, 1.165) is 30.3 Å². The predicted octanol–water partition coefficient (Wildman–Crippen LogP) is 3.48. The third-order valence-corrected chi connectivity index (χ3v) is 3.64. The molecule has 0 saturated carbocycles. The van der Waals surface area contributed by atoms with Gasteiger partial charge in [-0.05, 0) is 30.2 Å². The van der Waals surface area contributed by atoms with Gasteiger partial charge in [0.05, 0.1) is 5.52 Å². The summed E-state index contributed by atoms with van der Waals surface area (Å²) >= 11 is 0. The van der Waals surface area contributed by atoms with Gasteiger partial charge in [0, 0.05) is 17.8 Å². The van der Waals surface area contributed by atoms with Crippen molar-refractivity contribution in [3.05, 3.63) is 47.5 Å². The second kappa shape index (κ2) is 4.03. The smallest absolute Gasteiger partial charge is 0.186 e. The number of imidazole rings is 1. The Morgan fingerprint density at radius 3 is 2.90 bits per heavy atom. The zero-order valence-corrected chi connectivity index (χ0v) is 10.5. The molecule has 20 heavy (non-hydrogen) atoms. The lowest BCUT2D eigenvalue weighted by Gasteiger charge is -2.02. The second-order valence-corrected chi connectivity index (χ2v) is 4.89. The highest BCUT2D eigenvalue weighted by molar-refractivity contribution is 5.81. The second-order valence-electron chi connectivity index (χ2n) is 4.89. The Kier molecular flexibility index (Phi) is 2.30. The zero-order chi connectivity index (χ0) is 13.7. The topological polar surface area (TPSA) is 40.7 Å². The predicted molar refractivity (Wildman–Crippen MR) is 73.6 cm³/mol. The molecular formula is C15H11F2N3. The monoisotopic (exact) mass is 271 g/mol. The number of benzene rings is 2. The molecule has 0 fully saturated rings. The lowest BCUT2D eigenvalue weighted by atomic mass is 10.1. The van der Waals surface area contributed by atoms with Gasteiger partial charge in [0.2, 0.25) is 0 Å². The van der Waals surface area contributed by atoms with Crippen LogP contribution in [0.2, 0.25) is 0 Å². The van der Waals surface area contributed by atoms with Gasteiger partial charge in [0.1, 0.15) is 11.3 Å². The van der Waals surface area contributed by atoms with Gasteiger partial charge in [-0.25, -0.2) is 13.8 Å². The third-order valence-electron chi connectivity index (χ3n) is 3.64. The Morgan fingerprint density at radius 2 is 2.00 bits per heavy atom. The first-order valence-corrected chi connectivity index (χ1v) is 6.43. The molecule has 0 spiro atoms. The van der Waals surface area contributed by atoms with Crippen LogP contribution in [0.3, 0.4) is 0 Å². The maximum atomic E-state index is 13.7. The molecule has 1 aliphatic heterocycles. The van der Waals surface area contributed by atoms with Crippen LogP contribution in [0.25, 0.3) is 22.4 Å². The molecule has 0 bridgehead atoms. The first-order valence-electron chi connectivity index (χ1n) is 6.43. The van der Waals surface area contributed by atoms with E-state index in [2.05, 4.69) is 15.3 Å². The van der Waals surface area contributed by atoms with Crippen LogP contribution >= 0.6 is 0 Å². The van der Waals surface area contributed by atoms with Crippen molar-refractivity contribution < 1.29 is 8.78 Å². The van der Waals surface area contributed by atoms with E-state index in [9.17, 15) is 8.78 Å². The molecule has 5 heteroatoms. The summed E-state index contributed by atoms with van der Waals surface area (Å²) in [7, 11) is 0. The molecule has 4 rings (SSSR count). The quantitative estimate of drug-likeness (QED) is 0.711. The molecular weight excluding hydrogens is 260 g/mol. The average Bonchev–Trinajstić information content (AvgIpc) is 3.08. The molecule has 2 N–H and O–H groups in total. The number of nitrogens with one attached hydrogen (secondary N) is 2. The van der Waals surface area contributed by atoms with E-state index in [1.807, 2.05) is 18.2 Å². The van der Waals surface area contributed by atoms with E-state index in [4.69, 9.17) is 0 Å². The van der Waals surface area contributed by atoms with Crippen LogP contribution in [0.5, 0.6) is 0 Å². The summed E-state index contributed by atoms with van der Waals surface area (Å²) in [6.07, 6.45) is 1.01. The molecule has 0 amide bonds. The van der Waals surface area contributed by atoms with Gasteiger partial charge in [-0.3, -0.25) is 0 Å². The van der Waals surface area contributed by atoms with Gasteiger partial charge in [0.15, 0.2) is 11.6 Å². The Labute approximate surface area is 113 Å². The number of halogens is 2. The molecule has 2 aromatic carbocycles. The van der Waals surface area contributed by atoms with Crippen molar-refractivity contribution in [1.82, 2.24) is 9.97 Å². The highest BCUT2D eigenvalue weighted by atomic mass is 19.2. The molecule has 3 nitrogen and oxygen atoms in total. The molecule has 0 atom stereocenters. The van der Waals surface area contributed by atoms with E-state index in [1.54, 1.807) is 0 Å². The van der Waals surface area contributed by atoms with Crippen LogP contribution in [0.15, 0.2) is 30.3 Å². The van der Waals surface area contributed by atoms with E-state index in [0.29, 0.717) is 11.3 Å². The molecule has 3 aromatic rings. The van der Waals surface area contributed by atoms with Crippen molar-refractivity contribution in [3.8, 4) is 11.4 Å². The number of hydrogen-bond donors (Lipinski definition) is 2. The summed E-state index contributed by atoms with van der Waals surface area (Å²) in [6, 6.07) is 8.56. The van der Waals surface area contributed by atoms with Crippen LogP contribution in [0, 0.1) is 11.6 Å². The van der Waals surface area contributed by atoms with Crippen molar-refractivity contribution in [2.45, 2.75) is 6.42 Å². The summed E-state index contributed by atoms with van der Waals surface area (Å²) in [5.74, 6) is -1.25. The number of aromatic nitrogens is 2. The third kappa shape index (κ3) is 1.59. The van der Waals surface area contributed by atoms with Gasteiger partial charge >= 0.3 is 0 Å². The van der Waals surface area contributed by atoms with Gasteiger partial charge in [0.25, 0.3) is 0 Å². The van der Waals surface area contributed by atoms with Crippen molar-refractivity contribution in [2.24, 2.45) is 0 Å². The fraction of sp³-hybridized carbons (Fsp3) is 0.133. The number of H-pyrrole nitrogens is 1.